The first kappa shape index (κ1) is 26.6. The minimum atomic E-state index is -0.994. The largest absolute Gasteiger partial charge is 0.294 e. The van der Waals surface area contributed by atoms with E-state index in [1.807, 2.05) is 0 Å². The first-order valence-corrected chi connectivity index (χ1v) is 15.0. The van der Waals surface area contributed by atoms with Crippen LogP contribution in [0.2, 0.25) is 0 Å². The molecule has 4 heteroatoms. The van der Waals surface area contributed by atoms with E-state index in [2.05, 4.69) is 55.4 Å². The van der Waals surface area contributed by atoms with Gasteiger partial charge in [-0.1, -0.05) is 55.4 Å². The van der Waals surface area contributed by atoms with E-state index < -0.39 is 16.4 Å². The topological polar surface area (TPSA) is 51.2 Å². The van der Waals surface area contributed by atoms with Gasteiger partial charge in [-0.05, 0) is 125 Å². The summed E-state index contributed by atoms with van der Waals surface area (Å²) in [5, 5.41) is -0.902. The number of halogens is 1. The molecule has 0 saturated heterocycles. The van der Waals surface area contributed by atoms with Crippen LogP contribution in [0.15, 0.2) is 11.1 Å². The standard InChI is InChI=1S/C32H47ClO3/c1-18(2)24-21(34)17-32(26(35)27(33)36)16-15-30(7)20(25(24)32)9-10-23-29(6)13-11-19(3)28(4,5)22(29)12-14-31(23,30)8/h18-20,22-23H,9-17H2,1-8H3/t19-,20+,22-,23+,29-,30+,31+,32+/m0/s1. The summed E-state index contributed by atoms with van der Waals surface area (Å²) in [7, 11) is 0. The van der Waals surface area contributed by atoms with Crippen LogP contribution in [0.3, 0.4) is 0 Å². The number of ketones is 2. The van der Waals surface area contributed by atoms with Crippen LogP contribution in [0.4, 0.5) is 0 Å². The molecule has 8 atom stereocenters. The summed E-state index contributed by atoms with van der Waals surface area (Å²) in [6.07, 6.45) is 8.88. The highest BCUT2D eigenvalue weighted by atomic mass is 35.5. The fourth-order valence-corrected chi connectivity index (χ4v) is 11.4. The molecule has 0 amide bonds. The van der Waals surface area contributed by atoms with Crippen molar-refractivity contribution >= 4 is 28.4 Å². The average molecular weight is 515 g/mol. The molecule has 5 aliphatic carbocycles. The predicted molar refractivity (Wildman–Crippen MR) is 144 cm³/mol. The van der Waals surface area contributed by atoms with Crippen molar-refractivity contribution < 1.29 is 14.4 Å². The summed E-state index contributed by atoms with van der Waals surface area (Å²) in [6.45, 7) is 19.3. The maximum absolute atomic E-state index is 13.4. The Bertz CT molecular complexity index is 1050. The lowest BCUT2D eigenvalue weighted by Gasteiger charge is -2.72. The van der Waals surface area contributed by atoms with Gasteiger partial charge in [0.25, 0.3) is 5.24 Å². The molecule has 0 aromatic carbocycles. The molecule has 0 radical (unpaired) electrons. The molecule has 5 aliphatic rings. The van der Waals surface area contributed by atoms with Crippen LogP contribution < -0.4 is 0 Å². The van der Waals surface area contributed by atoms with Gasteiger partial charge in [0.15, 0.2) is 5.78 Å². The van der Waals surface area contributed by atoms with Crippen LogP contribution in [0, 0.1) is 56.7 Å². The molecule has 0 aromatic rings. The summed E-state index contributed by atoms with van der Waals surface area (Å²) in [5.41, 5.74) is 1.72. The van der Waals surface area contributed by atoms with E-state index in [0.717, 1.165) is 42.2 Å². The summed E-state index contributed by atoms with van der Waals surface area (Å²) in [6, 6.07) is 0. The number of hydrogen-bond acceptors (Lipinski definition) is 3. The van der Waals surface area contributed by atoms with Gasteiger partial charge in [-0.3, -0.25) is 14.4 Å². The van der Waals surface area contributed by atoms with Gasteiger partial charge in [0.2, 0.25) is 5.78 Å². The number of carbonyl (C=O) groups excluding carboxylic acids is 3. The molecule has 4 fully saturated rings. The van der Waals surface area contributed by atoms with Crippen molar-refractivity contribution in [2.75, 3.05) is 0 Å². The second-order valence-electron chi connectivity index (χ2n) is 15.1. The number of Topliss-reactive ketones (excluding diaryl/α,β-unsaturated/α-hetero) is 2. The molecule has 0 aliphatic heterocycles. The second kappa shape index (κ2) is 8.03. The van der Waals surface area contributed by atoms with E-state index in [1.165, 1.54) is 25.7 Å². The van der Waals surface area contributed by atoms with Gasteiger partial charge >= 0.3 is 0 Å². The molecule has 5 rings (SSSR count). The van der Waals surface area contributed by atoms with Gasteiger partial charge in [-0.15, -0.1) is 0 Å². The molecule has 0 unspecified atom stereocenters. The van der Waals surface area contributed by atoms with E-state index >= 15 is 0 Å². The van der Waals surface area contributed by atoms with Crippen molar-refractivity contribution in [1.82, 2.24) is 0 Å². The lowest BCUT2D eigenvalue weighted by Crippen LogP contribution is -2.65. The van der Waals surface area contributed by atoms with E-state index in [9.17, 15) is 14.4 Å². The van der Waals surface area contributed by atoms with Gasteiger partial charge in [0.1, 0.15) is 0 Å². The van der Waals surface area contributed by atoms with Crippen LogP contribution in [-0.2, 0) is 14.4 Å². The number of allylic oxidation sites excluding steroid dienone is 2. The summed E-state index contributed by atoms with van der Waals surface area (Å²) < 4.78 is 0. The first-order chi connectivity index (χ1) is 16.6. The van der Waals surface area contributed by atoms with Gasteiger partial charge in [0.05, 0.1) is 5.41 Å². The Balaban J connectivity index is 1.63. The SMILES string of the molecule is CC(C)C1=C2[C@H]3CC[C@@H]4[C@@]5(C)CC[C@H](C)C(C)(C)[C@@H]5CC[C@@]4(C)[C@]3(C)CC[C@@]2(C(=O)C(=O)Cl)CC1=O. The molecule has 4 saturated carbocycles. The maximum Gasteiger partial charge on any atom is 0.289 e. The van der Waals surface area contributed by atoms with Crippen molar-refractivity contribution in [2.24, 2.45) is 56.7 Å². The third-order valence-corrected chi connectivity index (χ3v) is 13.8. The van der Waals surface area contributed by atoms with Crippen molar-refractivity contribution in [3.05, 3.63) is 11.1 Å². The Morgan fingerprint density at radius 2 is 1.53 bits per heavy atom. The van der Waals surface area contributed by atoms with Crippen LogP contribution in [0.5, 0.6) is 0 Å². The minimum absolute atomic E-state index is 0.0103. The van der Waals surface area contributed by atoms with Gasteiger partial charge in [0, 0.05) is 6.42 Å². The van der Waals surface area contributed by atoms with Gasteiger partial charge in [-0.25, -0.2) is 0 Å². The minimum Gasteiger partial charge on any atom is -0.294 e. The molecule has 0 N–H and O–H groups in total. The zero-order valence-corrected chi connectivity index (χ0v) is 24.6. The molecule has 200 valence electrons. The highest BCUT2D eigenvalue weighted by Gasteiger charge is 2.70. The Morgan fingerprint density at radius 3 is 2.14 bits per heavy atom. The molecular weight excluding hydrogens is 468 g/mol. The van der Waals surface area contributed by atoms with E-state index in [-0.39, 0.29) is 34.9 Å². The number of hydrogen-bond donors (Lipinski definition) is 0. The first-order valence-electron chi connectivity index (χ1n) is 14.6. The van der Waals surface area contributed by atoms with Crippen molar-refractivity contribution in [3.63, 3.8) is 0 Å². The number of carbonyl (C=O) groups is 3. The molecule has 0 aromatic heterocycles. The third-order valence-electron chi connectivity index (χ3n) is 13.6. The smallest absolute Gasteiger partial charge is 0.289 e. The monoisotopic (exact) mass is 514 g/mol. The van der Waals surface area contributed by atoms with Gasteiger partial charge in [-0.2, -0.15) is 0 Å². The van der Waals surface area contributed by atoms with Crippen LogP contribution in [0.1, 0.15) is 113 Å². The number of fused-ring (bicyclic) bond motifs is 7. The second-order valence-corrected chi connectivity index (χ2v) is 15.5. The summed E-state index contributed by atoms with van der Waals surface area (Å²) >= 11 is 5.86. The fraction of sp³-hybridized carbons (Fsp3) is 0.844. The summed E-state index contributed by atoms with van der Waals surface area (Å²) in [4.78, 5) is 39.1. The van der Waals surface area contributed by atoms with Crippen molar-refractivity contribution in [1.29, 1.82) is 0 Å². The highest BCUT2D eigenvalue weighted by molar-refractivity contribution is 6.82. The Kier molecular flexibility index (Phi) is 5.94. The van der Waals surface area contributed by atoms with Gasteiger partial charge < -0.3 is 0 Å². The third kappa shape index (κ3) is 3.07. The Morgan fingerprint density at radius 1 is 0.861 bits per heavy atom. The normalized spacial score (nSPS) is 47.7. The van der Waals surface area contributed by atoms with E-state index in [0.29, 0.717) is 23.2 Å². The summed E-state index contributed by atoms with van der Waals surface area (Å²) in [5.74, 6) is 1.90. The quantitative estimate of drug-likeness (QED) is 0.283. The zero-order chi connectivity index (χ0) is 26.6. The lowest BCUT2D eigenvalue weighted by molar-refractivity contribution is -0.219. The van der Waals surface area contributed by atoms with E-state index in [4.69, 9.17) is 11.6 Å². The van der Waals surface area contributed by atoms with E-state index in [1.54, 1.807) is 0 Å². The highest BCUT2D eigenvalue weighted by Crippen LogP contribution is 2.77. The maximum atomic E-state index is 13.4. The molecule has 36 heavy (non-hydrogen) atoms. The van der Waals surface area contributed by atoms with Crippen molar-refractivity contribution in [2.45, 2.75) is 113 Å². The average Bonchev–Trinajstić information content (AvgIpc) is 3.09. The lowest BCUT2D eigenvalue weighted by atomic mass is 9.32. The Labute approximate surface area is 223 Å². The van der Waals surface area contributed by atoms with Crippen LogP contribution >= 0.6 is 11.6 Å². The molecular formula is C32H47ClO3. The van der Waals surface area contributed by atoms with Crippen LogP contribution in [-0.4, -0.2) is 16.8 Å². The number of rotatable bonds is 3. The fourth-order valence-electron chi connectivity index (χ4n) is 11.3. The zero-order valence-electron chi connectivity index (χ0n) is 23.9. The Hall–Kier alpha value is -0.960. The van der Waals surface area contributed by atoms with Crippen LogP contribution in [0.25, 0.3) is 0 Å². The predicted octanol–water partition coefficient (Wildman–Crippen LogP) is 7.94. The molecule has 0 heterocycles. The van der Waals surface area contributed by atoms with Crippen molar-refractivity contribution in [3.8, 4) is 0 Å². The molecule has 0 spiro atoms. The molecule has 3 nitrogen and oxygen atoms in total. The molecule has 0 bridgehead atoms.